The van der Waals surface area contributed by atoms with Crippen molar-refractivity contribution in [2.75, 3.05) is 19.0 Å². The number of carbonyl (C=O) groups excluding carboxylic acids is 1. The molecule has 98 valence electrons. The number of aryl methyl sites for hydroxylation is 1. The van der Waals surface area contributed by atoms with Crippen LogP contribution in [0.5, 0.6) is 0 Å². The second kappa shape index (κ2) is 5.70. The van der Waals surface area contributed by atoms with Crippen molar-refractivity contribution in [3.63, 3.8) is 0 Å². The smallest absolute Gasteiger partial charge is 0.195 e. The minimum atomic E-state index is 0.0830. The highest BCUT2D eigenvalue weighted by Crippen LogP contribution is 2.26. The molecule has 2 aromatic carbocycles. The first-order valence-electron chi connectivity index (χ1n) is 6.54. The highest BCUT2D eigenvalue weighted by atomic mass is 16.1. The summed E-state index contributed by atoms with van der Waals surface area (Å²) in [6, 6.07) is 15.4. The summed E-state index contributed by atoms with van der Waals surface area (Å²) in [6.45, 7) is 2.11. The molecule has 0 aromatic heterocycles. The van der Waals surface area contributed by atoms with Crippen LogP contribution in [0, 0.1) is 0 Å². The molecule has 2 rings (SSSR count). The number of hydrogen-bond donors (Lipinski definition) is 0. The van der Waals surface area contributed by atoms with Crippen LogP contribution in [0.3, 0.4) is 0 Å². The number of nitrogens with zero attached hydrogens (tertiary/aromatic N) is 1. The van der Waals surface area contributed by atoms with Gasteiger partial charge in [-0.1, -0.05) is 49.4 Å². The van der Waals surface area contributed by atoms with Crippen LogP contribution < -0.4 is 4.90 Å². The molecular weight excluding hydrogens is 234 g/mol. The fourth-order valence-corrected chi connectivity index (χ4v) is 2.33. The van der Waals surface area contributed by atoms with Gasteiger partial charge in [0.05, 0.1) is 5.69 Å². The van der Waals surface area contributed by atoms with Gasteiger partial charge in [0.2, 0.25) is 0 Å². The van der Waals surface area contributed by atoms with E-state index < -0.39 is 0 Å². The third kappa shape index (κ3) is 2.68. The third-order valence-corrected chi connectivity index (χ3v) is 3.23. The van der Waals surface area contributed by atoms with Crippen LogP contribution >= 0.6 is 0 Å². The van der Waals surface area contributed by atoms with Gasteiger partial charge < -0.3 is 4.90 Å². The van der Waals surface area contributed by atoms with Gasteiger partial charge >= 0.3 is 0 Å². The van der Waals surface area contributed by atoms with Crippen molar-refractivity contribution in [3.8, 4) is 0 Å². The van der Waals surface area contributed by atoms with Crippen LogP contribution in [0.1, 0.15) is 28.4 Å². The normalized spacial score (nSPS) is 10.3. The summed E-state index contributed by atoms with van der Waals surface area (Å²) < 4.78 is 0. The van der Waals surface area contributed by atoms with Gasteiger partial charge in [0, 0.05) is 25.2 Å². The summed E-state index contributed by atoms with van der Waals surface area (Å²) in [7, 11) is 3.96. The molecule has 2 aromatic rings. The minimum absolute atomic E-state index is 0.0830. The lowest BCUT2D eigenvalue weighted by Crippen LogP contribution is -2.16. The summed E-state index contributed by atoms with van der Waals surface area (Å²) in [4.78, 5) is 14.6. The van der Waals surface area contributed by atoms with Crippen molar-refractivity contribution in [2.45, 2.75) is 13.3 Å². The molecule has 0 bridgehead atoms. The van der Waals surface area contributed by atoms with Crippen molar-refractivity contribution in [3.05, 3.63) is 65.2 Å². The average molecular weight is 253 g/mol. The first-order valence-corrected chi connectivity index (χ1v) is 6.54. The van der Waals surface area contributed by atoms with Gasteiger partial charge in [-0.25, -0.2) is 0 Å². The van der Waals surface area contributed by atoms with E-state index in [1.165, 1.54) is 5.56 Å². The zero-order valence-electron chi connectivity index (χ0n) is 11.7. The standard InChI is InChI=1S/C17H19NO/c1-4-13-11-8-12-15(16(13)18(2)3)17(19)14-9-6-5-7-10-14/h5-12H,4H2,1-3H3. The lowest BCUT2D eigenvalue weighted by molar-refractivity contribution is 0.103. The fraction of sp³-hybridized carbons (Fsp3) is 0.235. The predicted octanol–water partition coefficient (Wildman–Crippen LogP) is 3.55. The van der Waals surface area contributed by atoms with Crippen molar-refractivity contribution >= 4 is 11.5 Å². The molecule has 0 amide bonds. The molecule has 0 aliphatic rings. The molecule has 0 atom stereocenters. The zero-order chi connectivity index (χ0) is 13.8. The molecule has 0 spiro atoms. The number of benzene rings is 2. The van der Waals surface area contributed by atoms with Gasteiger partial charge in [0.1, 0.15) is 0 Å². The highest BCUT2D eigenvalue weighted by Gasteiger charge is 2.16. The van der Waals surface area contributed by atoms with E-state index in [-0.39, 0.29) is 5.78 Å². The topological polar surface area (TPSA) is 20.3 Å². The maximum Gasteiger partial charge on any atom is 0.195 e. The Kier molecular flexibility index (Phi) is 4.00. The quantitative estimate of drug-likeness (QED) is 0.777. The molecule has 0 aliphatic heterocycles. The predicted molar refractivity (Wildman–Crippen MR) is 80.0 cm³/mol. The molecular formula is C17H19NO. The number of carbonyl (C=O) groups is 1. The maximum absolute atomic E-state index is 12.6. The van der Waals surface area contributed by atoms with E-state index in [1.54, 1.807) is 0 Å². The van der Waals surface area contributed by atoms with Crippen molar-refractivity contribution in [1.29, 1.82) is 0 Å². The van der Waals surface area contributed by atoms with E-state index in [1.807, 2.05) is 61.5 Å². The summed E-state index contributed by atoms with van der Waals surface area (Å²) in [5.41, 5.74) is 3.74. The second-order valence-corrected chi connectivity index (χ2v) is 4.76. The molecule has 0 radical (unpaired) electrons. The molecule has 2 nitrogen and oxygen atoms in total. The van der Waals surface area contributed by atoms with Crippen LogP contribution in [-0.2, 0) is 6.42 Å². The van der Waals surface area contributed by atoms with Crippen LogP contribution in [0.25, 0.3) is 0 Å². The van der Waals surface area contributed by atoms with E-state index in [4.69, 9.17) is 0 Å². The Hall–Kier alpha value is -2.09. The Labute approximate surface area is 114 Å². The summed E-state index contributed by atoms with van der Waals surface area (Å²) in [5, 5.41) is 0. The van der Waals surface area contributed by atoms with Gasteiger partial charge in [0.15, 0.2) is 5.78 Å². The number of para-hydroxylation sites is 1. The summed E-state index contributed by atoms with van der Waals surface area (Å²) in [5.74, 6) is 0.0830. The van der Waals surface area contributed by atoms with Crippen LogP contribution in [0.2, 0.25) is 0 Å². The van der Waals surface area contributed by atoms with Crippen LogP contribution in [0.15, 0.2) is 48.5 Å². The van der Waals surface area contributed by atoms with E-state index in [0.717, 1.165) is 23.2 Å². The first kappa shape index (κ1) is 13.3. The summed E-state index contributed by atoms with van der Waals surface area (Å²) in [6.07, 6.45) is 0.920. The minimum Gasteiger partial charge on any atom is -0.377 e. The lowest BCUT2D eigenvalue weighted by Gasteiger charge is -2.20. The third-order valence-electron chi connectivity index (χ3n) is 3.23. The molecule has 0 aliphatic carbocycles. The van der Waals surface area contributed by atoms with Gasteiger partial charge in [-0.3, -0.25) is 4.79 Å². The Bertz CT molecular complexity index is 573. The highest BCUT2D eigenvalue weighted by molar-refractivity contribution is 6.12. The Morgan fingerprint density at radius 2 is 1.68 bits per heavy atom. The molecule has 0 saturated carbocycles. The number of ketones is 1. The lowest BCUT2D eigenvalue weighted by atomic mass is 9.97. The van der Waals surface area contributed by atoms with E-state index in [9.17, 15) is 4.79 Å². The van der Waals surface area contributed by atoms with Gasteiger partial charge in [-0.2, -0.15) is 0 Å². The number of hydrogen-bond acceptors (Lipinski definition) is 2. The van der Waals surface area contributed by atoms with E-state index in [2.05, 4.69) is 13.0 Å². The molecule has 0 unspecified atom stereocenters. The molecule has 2 heteroatoms. The van der Waals surface area contributed by atoms with Crippen LogP contribution in [0.4, 0.5) is 5.69 Å². The molecule has 0 fully saturated rings. The SMILES string of the molecule is CCc1cccc(C(=O)c2ccccc2)c1N(C)C. The van der Waals surface area contributed by atoms with Crippen molar-refractivity contribution < 1.29 is 4.79 Å². The van der Waals surface area contributed by atoms with Gasteiger partial charge in [-0.15, -0.1) is 0 Å². The van der Waals surface area contributed by atoms with Crippen LogP contribution in [-0.4, -0.2) is 19.9 Å². The molecule has 0 N–H and O–H groups in total. The van der Waals surface area contributed by atoms with Gasteiger partial charge in [0.25, 0.3) is 0 Å². The average Bonchev–Trinajstić information content (AvgIpc) is 2.46. The first-order chi connectivity index (χ1) is 9.15. The number of anilines is 1. The van der Waals surface area contributed by atoms with Crippen molar-refractivity contribution in [1.82, 2.24) is 0 Å². The Balaban J connectivity index is 2.54. The van der Waals surface area contributed by atoms with E-state index in [0.29, 0.717) is 0 Å². The number of rotatable bonds is 4. The fourth-order valence-electron chi connectivity index (χ4n) is 2.33. The van der Waals surface area contributed by atoms with Gasteiger partial charge in [-0.05, 0) is 18.1 Å². The maximum atomic E-state index is 12.6. The molecule has 19 heavy (non-hydrogen) atoms. The van der Waals surface area contributed by atoms with Crippen molar-refractivity contribution in [2.24, 2.45) is 0 Å². The second-order valence-electron chi connectivity index (χ2n) is 4.76. The zero-order valence-corrected chi connectivity index (χ0v) is 11.7. The molecule has 0 heterocycles. The Morgan fingerprint density at radius 1 is 1.00 bits per heavy atom. The summed E-state index contributed by atoms with van der Waals surface area (Å²) >= 11 is 0. The Morgan fingerprint density at radius 3 is 2.26 bits per heavy atom. The monoisotopic (exact) mass is 253 g/mol. The van der Waals surface area contributed by atoms with E-state index >= 15 is 0 Å². The largest absolute Gasteiger partial charge is 0.377 e. The molecule has 0 saturated heterocycles.